The number of aliphatic hydroxyl groups excluding tert-OH is 8. The minimum absolute atomic E-state index is 0.0141. The second-order valence-electron chi connectivity index (χ2n) is 20.6. The molecule has 9 rings (SSSR count). The van der Waals surface area contributed by atoms with Crippen molar-refractivity contribution < 1.29 is 78.7 Å². The Morgan fingerprint density at radius 2 is 1.40 bits per heavy atom. The van der Waals surface area contributed by atoms with Crippen molar-refractivity contribution in [2.24, 2.45) is 46.3 Å². The monoisotopic (exact) mass is 854 g/mol. The first-order valence-electron chi connectivity index (χ1n) is 22.8. The van der Waals surface area contributed by atoms with E-state index in [9.17, 15) is 40.9 Å². The van der Waals surface area contributed by atoms with Crippen LogP contribution in [0, 0.1) is 46.3 Å². The van der Waals surface area contributed by atoms with Gasteiger partial charge in [0.1, 0.15) is 61.0 Å². The maximum atomic E-state index is 11.9. The van der Waals surface area contributed by atoms with Gasteiger partial charge in [-0.25, -0.2) is 0 Å². The molecule has 0 radical (unpaired) electrons. The van der Waals surface area contributed by atoms with E-state index >= 15 is 0 Å². The fourth-order valence-electron chi connectivity index (χ4n) is 13.8. The van der Waals surface area contributed by atoms with E-state index in [1.807, 2.05) is 0 Å². The number of fused-ring (bicyclic) bond motifs is 7. The normalized spacial score (nSPS) is 57.7. The van der Waals surface area contributed by atoms with Gasteiger partial charge in [0.2, 0.25) is 0 Å². The highest BCUT2D eigenvalue weighted by molar-refractivity contribution is 5.26. The smallest absolute Gasteiger partial charge is 0.187 e. The molecule has 3 saturated carbocycles. The van der Waals surface area contributed by atoms with Gasteiger partial charge in [-0.15, -0.1) is 0 Å². The van der Waals surface area contributed by atoms with Gasteiger partial charge in [-0.3, -0.25) is 0 Å². The molecule has 5 aliphatic heterocycles. The molecule has 0 bridgehead atoms. The van der Waals surface area contributed by atoms with Gasteiger partial charge in [-0.05, 0) is 98.7 Å². The molecule has 0 aromatic rings. The second-order valence-corrected chi connectivity index (χ2v) is 20.6. The van der Waals surface area contributed by atoms with Crippen molar-refractivity contribution in [2.45, 2.75) is 196 Å². The largest absolute Gasteiger partial charge is 0.394 e. The van der Waals surface area contributed by atoms with E-state index in [2.05, 4.69) is 33.8 Å². The summed E-state index contributed by atoms with van der Waals surface area (Å²) in [4.78, 5) is 0. The molecule has 4 aliphatic carbocycles. The van der Waals surface area contributed by atoms with Gasteiger partial charge in [0.15, 0.2) is 24.7 Å². The quantitative estimate of drug-likeness (QED) is 0.158. The zero-order chi connectivity index (χ0) is 42.6. The van der Waals surface area contributed by atoms with Crippen LogP contribution in [0.4, 0.5) is 0 Å². The Labute approximate surface area is 352 Å². The van der Waals surface area contributed by atoms with Crippen molar-refractivity contribution >= 4 is 0 Å². The summed E-state index contributed by atoms with van der Waals surface area (Å²) in [6.07, 6.45) is -8.79. The summed E-state index contributed by atoms with van der Waals surface area (Å²) in [6, 6.07) is 0. The highest BCUT2D eigenvalue weighted by atomic mass is 16.8. The average molecular weight is 855 g/mol. The first-order chi connectivity index (χ1) is 28.5. The Kier molecular flexibility index (Phi) is 12.2. The summed E-state index contributed by atoms with van der Waals surface area (Å²) in [5, 5.41) is 84.8. The zero-order valence-electron chi connectivity index (χ0n) is 35.6. The van der Waals surface area contributed by atoms with E-state index in [1.54, 1.807) is 0 Å². The number of hydrogen-bond acceptors (Lipinski definition) is 16. The molecule has 16 heteroatoms. The van der Waals surface area contributed by atoms with Gasteiger partial charge in [-0.1, -0.05) is 39.3 Å². The lowest BCUT2D eigenvalue weighted by molar-refractivity contribution is -0.380. The first-order valence-corrected chi connectivity index (χ1v) is 22.8. The van der Waals surface area contributed by atoms with Crippen molar-refractivity contribution in [3.05, 3.63) is 11.6 Å². The molecular weight excluding hydrogens is 784 g/mol. The molecule has 342 valence electrons. The molecule has 5 saturated heterocycles. The topological polar surface area (TPSA) is 236 Å². The van der Waals surface area contributed by atoms with Gasteiger partial charge in [0, 0.05) is 12.3 Å². The Morgan fingerprint density at radius 3 is 2.10 bits per heavy atom. The van der Waals surface area contributed by atoms with Crippen LogP contribution in [0.2, 0.25) is 0 Å². The lowest BCUT2D eigenvalue weighted by Gasteiger charge is -2.58. The van der Waals surface area contributed by atoms with Crippen LogP contribution >= 0.6 is 0 Å². The van der Waals surface area contributed by atoms with E-state index in [4.69, 9.17) is 37.9 Å². The average Bonchev–Trinajstić information content (AvgIpc) is 3.79. The predicted molar refractivity (Wildman–Crippen MR) is 208 cm³/mol. The second kappa shape index (κ2) is 16.5. The molecule has 25 atom stereocenters. The third kappa shape index (κ3) is 7.10. The molecule has 8 fully saturated rings. The number of aliphatic hydroxyl groups is 8. The van der Waals surface area contributed by atoms with Crippen molar-refractivity contribution in [1.29, 1.82) is 0 Å². The number of allylic oxidation sites excluding steroid dienone is 1. The molecule has 0 aromatic heterocycles. The van der Waals surface area contributed by atoms with Crippen LogP contribution in [0.1, 0.15) is 92.4 Å². The fourth-order valence-corrected chi connectivity index (χ4v) is 13.8. The van der Waals surface area contributed by atoms with E-state index in [0.717, 1.165) is 45.1 Å². The Morgan fingerprint density at radius 1 is 0.700 bits per heavy atom. The summed E-state index contributed by atoms with van der Waals surface area (Å²) in [6.45, 7) is 10.7. The first kappa shape index (κ1) is 44.3. The fraction of sp³-hybridized carbons (Fsp3) is 0.955. The molecule has 16 nitrogen and oxygen atoms in total. The minimum atomic E-state index is -1.70. The van der Waals surface area contributed by atoms with Crippen LogP contribution in [0.5, 0.6) is 0 Å². The van der Waals surface area contributed by atoms with Crippen LogP contribution in [0.15, 0.2) is 11.6 Å². The molecule has 0 amide bonds. The van der Waals surface area contributed by atoms with E-state index in [-0.39, 0.29) is 23.0 Å². The van der Waals surface area contributed by atoms with Gasteiger partial charge in [0.25, 0.3) is 0 Å². The van der Waals surface area contributed by atoms with Gasteiger partial charge < -0.3 is 78.7 Å². The van der Waals surface area contributed by atoms with Gasteiger partial charge in [-0.2, -0.15) is 0 Å². The van der Waals surface area contributed by atoms with E-state index < -0.39 is 105 Å². The molecular formula is C44H70O16. The maximum Gasteiger partial charge on any atom is 0.187 e. The zero-order valence-corrected chi connectivity index (χ0v) is 35.6. The van der Waals surface area contributed by atoms with Crippen molar-refractivity contribution in [2.75, 3.05) is 19.8 Å². The van der Waals surface area contributed by atoms with Crippen LogP contribution in [-0.4, -0.2) is 165 Å². The Hall–Kier alpha value is -0.900. The number of rotatable bonds is 8. The number of ether oxygens (including phenoxy) is 8. The summed E-state index contributed by atoms with van der Waals surface area (Å²) >= 11 is 0. The molecule has 9 aliphatic rings. The highest BCUT2D eigenvalue weighted by Crippen LogP contribution is 2.70. The SMILES string of the molecule is C[C@@H]1CC[C@@]2(OC1)O[C@H]1C[C@H]3[C@@H]4CC=C5C[C@@H](O[C@@H]6O[C@H](CO)[C@@H](O[C@H]7O[C@H](CO)[C@@H](O)[C@@H]7O)[C@H](O)[C@H]6O[C@H]6O[C@H](C)[C@@H](O)[C@H](O)[C@@H]6O)CC[C@]5(C)[C@H]4CC[C@]3(C)[C@H]1[C@@H]2C. The Balaban J connectivity index is 0.913. The lowest BCUT2D eigenvalue weighted by Crippen LogP contribution is -2.65. The van der Waals surface area contributed by atoms with Gasteiger partial charge in [0.05, 0.1) is 38.1 Å². The maximum absolute atomic E-state index is 11.9. The summed E-state index contributed by atoms with van der Waals surface area (Å²) < 4.78 is 49.9. The van der Waals surface area contributed by atoms with Crippen molar-refractivity contribution in [3.63, 3.8) is 0 Å². The molecule has 0 unspecified atom stereocenters. The van der Waals surface area contributed by atoms with E-state index in [1.165, 1.54) is 18.9 Å². The number of hydrogen-bond donors (Lipinski definition) is 8. The third-order valence-corrected chi connectivity index (χ3v) is 17.3. The standard InChI is InChI=1S/C44H70O16/c1-19-8-13-44(53-18-19)20(2)30-27(60-44)15-26-24-7-6-22-14-23(9-11-42(22,4)25(24)10-12-43(26,30)5)55-41-38(59-39-35(51)33(49)31(47)21(3)54-39)36(52)37(29(17-46)57-41)58-40-34(50)32(48)28(16-45)56-40/h6,19-21,23-41,45-52H,7-18H2,1-5H3/t19-,20+,21-,23+,24-,25+,26+,27+,28-,29-,30+,31-,32-,33+,34+,35+,36+,37-,38-,39-,40-,41-,42+,43+,44-/m1/s1. The van der Waals surface area contributed by atoms with Crippen LogP contribution in [0.3, 0.4) is 0 Å². The lowest BCUT2D eigenvalue weighted by atomic mass is 9.47. The molecule has 1 spiro atoms. The molecule has 60 heavy (non-hydrogen) atoms. The highest BCUT2D eigenvalue weighted by Gasteiger charge is 2.69. The van der Waals surface area contributed by atoms with Crippen molar-refractivity contribution in [1.82, 2.24) is 0 Å². The summed E-state index contributed by atoms with van der Waals surface area (Å²) in [5.41, 5.74) is 1.54. The summed E-state index contributed by atoms with van der Waals surface area (Å²) in [7, 11) is 0. The molecule has 5 heterocycles. The third-order valence-electron chi connectivity index (χ3n) is 17.3. The van der Waals surface area contributed by atoms with Crippen LogP contribution in [-0.2, 0) is 37.9 Å². The minimum Gasteiger partial charge on any atom is -0.394 e. The molecule has 8 N–H and O–H groups in total. The van der Waals surface area contributed by atoms with Crippen LogP contribution < -0.4 is 0 Å². The molecule has 0 aromatic carbocycles. The van der Waals surface area contributed by atoms with Gasteiger partial charge >= 0.3 is 0 Å². The predicted octanol–water partition coefficient (Wildman–Crippen LogP) is 0.853. The Bertz CT molecular complexity index is 1560. The van der Waals surface area contributed by atoms with Crippen molar-refractivity contribution in [3.8, 4) is 0 Å². The summed E-state index contributed by atoms with van der Waals surface area (Å²) in [5.74, 6) is 2.65. The van der Waals surface area contributed by atoms with E-state index in [0.29, 0.717) is 48.3 Å². The van der Waals surface area contributed by atoms with Crippen LogP contribution in [0.25, 0.3) is 0 Å².